The average molecular weight is 462 g/mol. The fraction of sp³-hybridized carbons (Fsp3) is 0.0833. The first-order valence-corrected chi connectivity index (χ1v) is 10.5. The average Bonchev–Trinajstić information content (AvgIpc) is 3.22. The molecule has 0 fully saturated rings. The Morgan fingerprint density at radius 3 is 2.58 bits per heavy atom. The van der Waals surface area contributed by atoms with E-state index in [2.05, 4.69) is 15.4 Å². The molecule has 1 aliphatic rings. The number of aromatic nitrogens is 3. The number of benzene rings is 2. The van der Waals surface area contributed by atoms with Crippen LogP contribution in [0.5, 0.6) is 0 Å². The second-order valence-electron chi connectivity index (χ2n) is 7.61. The summed E-state index contributed by atoms with van der Waals surface area (Å²) in [4.78, 5) is 28.7. The second-order valence-corrected chi connectivity index (χ2v) is 8.02. The maximum atomic E-state index is 13.8. The Morgan fingerprint density at radius 1 is 1.06 bits per heavy atom. The van der Waals surface area contributed by atoms with Gasteiger partial charge in [0.15, 0.2) is 5.69 Å². The van der Waals surface area contributed by atoms with Crippen molar-refractivity contribution >= 4 is 29.1 Å². The quantitative estimate of drug-likeness (QED) is 0.476. The molecule has 0 aliphatic heterocycles. The zero-order chi connectivity index (χ0) is 23.1. The number of hydrogen-bond donors (Lipinski definition) is 2. The van der Waals surface area contributed by atoms with Gasteiger partial charge in [-0.15, -0.1) is 0 Å². The molecule has 0 atom stereocenters. The molecule has 2 amide bonds. The molecule has 2 aromatic heterocycles. The number of nitrogens with zero attached hydrogens (tertiary/aromatic N) is 3. The summed E-state index contributed by atoms with van der Waals surface area (Å²) in [5, 5.41) is 7.26. The summed E-state index contributed by atoms with van der Waals surface area (Å²) in [6.07, 6.45) is 4.34. The van der Waals surface area contributed by atoms with Gasteiger partial charge in [-0.1, -0.05) is 17.7 Å². The molecule has 0 saturated heterocycles. The molecular weight excluding hydrogens is 445 g/mol. The molecule has 3 N–H and O–H groups in total. The molecular formula is C24H17ClFN5O2. The van der Waals surface area contributed by atoms with Gasteiger partial charge in [0.2, 0.25) is 0 Å². The maximum Gasteiger partial charge on any atom is 0.269 e. The Bertz CT molecular complexity index is 1420. The minimum atomic E-state index is -0.649. The number of carbonyl (C=O) groups is 2. The van der Waals surface area contributed by atoms with E-state index in [0.717, 1.165) is 11.1 Å². The standard InChI is InChI=1S/C24H17ClFN5O2/c25-19-12-16(4-6-20(19)26)31-22-17(21(30-31)23(27)32)5-2-13-1-3-15(11-18(13)22)29-24(33)14-7-9-28-10-8-14/h1,3-4,6-12H,2,5H2,(H2,27,32)(H,29,33). The largest absolute Gasteiger partial charge is 0.364 e. The number of primary amides is 1. The second kappa shape index (κ2) is 8.14. The predicted octanol–water partition coefficient (Wildman–Crippen LogP) is 4.18. The fourth-order valence-electron chi connectivity index (χ4n) is 4.02. The van der Waals surface area contributed by atoms with Crippen molar-refractivity contribution in [1.29, 1.82) is 0 Å². The molecule has 33 heavy (non-hydrogen) atoms. The number of pyridine rings is 1. The van der Waals surface area contributed by atoms with Crippen LogP contribution >= 0.6 is 11.6 Å². The van der Waals surface area contributed by atoms with Crippen molar-refractivity contribution in [3.8, 4) is 16.9 Å². The molecule has 9 heteroatoms. The van der Waals surface area contributed by atoms with Gasteiger partial charge in [-0.2, -0.15) is 5.10 Å². The molecule has 4 aromatic rings. The number of nitrogens with two attached hydrogens (primary N) is 1. The number of fused-ring (bicyclic) bond motifs is 3. The van der Waals surface area contributed by atoms with Crippen LogP contribution in [0.1, 0.15) is 32.0 Å². The number of aryl methyl sites for hydroxylation is 1. The van der Waals surface area contributed by atoms with Gasteiger partial charge in [-0.25, -0.2) is 9.07 Å². The summed E-state index contributed by atoms with van der Waals surface area (Å²) in [5.74, 6) is -1.48. The zero-order valence-electron chi connectivity index (χ0n) is 17.2. The normalized spacial score (nSPS) is 12.1. The minimum Gasteiger partial charge on any atom is -0.364 e. The van der Waals surface area contributed by atoms with Crippen LogP contribution in [0.2, 0.25) is 5.02 Å². The van der Waals surface area contributed by atoms with Crippen LogP contribution in [0.25, 0.3) is 16.9 Å². The van der Waals surface area contributed by atoms with Crippen molar-refractivity contribution in [2.24, 2.45) is 5.73 Å². The fourth-order valence-corrected chi connectivity index (χ4v) is 4.20. The topological polar surface area (TPSA) is 103 Å². The third-order valence-corrected chi connectivity index (χ3v) is 5.86. The van der Waals surface area contributed by atoms with E-state index < -0.39 is 11.7 Å². The molecule has 0 bridgehead atoms. The van der Waals surface area contributed by atoms with Gasteiger partial charge in [0.05, 0.1) is 16.4 Å². The van der Waals surface area contributed by atoms with E-state index in [1.807, 2.05) is 18.2 Å². The van der Waals surface area contributed by atoms with E-state index in [1.165, 1.54) is 18.2 Å². The van der Waals surface area contributed by atoms with Crippen molar-refractivity contribution in [1.82, 2.24) is 14.8 Å². The Hall–Kier alpha value is -4.04. The van der Waals surface area contributed by atoms with E-state index in [-0.39, 0.29) is 16.6 Å². The molecule has 5 rings (SSSR count). The van der Waals surface area contributed by atoms with Gasteiger partial charge in [-0.3, -0.25) is 14.6 Å². The van der Waals surface area contributed by atoms with Crippen LogP contribution in [-0.2, 0) is 12.8 Å². The molecule has 7 nitrogen and oxygen atoms in total. The van der Waals surface area contributed by atoms with Crippen LogP contribution in [-0.4, -0.2) is 26.6 Å². The summed E-state index contributed by atoms with van der Waals surface area (Å²) in [7, 11) is 0. The number of carbonyl (C=O) groups excluding carboxylic acids is 2. The minimum absolute atomic E-state index is 0.0632. The van der Waals surface area contributed by atoms with E-state index in [4.69, 9.17) is 17.3 Å². The highest BCUT2D eigenvalue weighted by molar-refractivity contribution is 6.30. The van der Waals surface area contributed by atoms with E-state index in [1.54, 1.807) is 29.2 Å². The summed E-state index contributed by atoms with van der Waals surface area (Å²) < 4.78 is 15.3. The lowest BCUT2D eigenvalue weighted by atomic mass is 9.88. The smallest absolute Gasteiger partial charge is 0.269 e. The predicted molar refractivity (Wildman–Crippen MR) is 122 cm³/mol. The van der Waals surface area contributed by atoms with Crippen LogP contribution in [0.15, 0.2) is 60.9 Å². The summed E-state index contributed by atoms with van der Waals surface area (Å²) in [6.45, 7) is 0. The lowest BCUT2D eigenvalue weighted by Crippen LogP contribution is -2.15. The molecule has 0 spiro atoms. The Balaban J connectivity index is 1.63. The summed E-state index contributed by atoms with van der Waals surface area (Å²) in [6, 6.07) is 13.1. The third-order valence-electron chi connectivity index (χ3n) is 5.57. The van der Waals surface area contributed by atoms with E-state index >= 15 is 0 Å². The number of rotatable bonds is 4. The van der Waals surface area contributed by atoms with Crippen LogP contribution in [0.4, 0.5) is 10.1 Å². The molecule has 0 radical (unpaired) electrons. The first kappa shape index (κ1) is 20.8. The van der Waals surface area contributed by atoms with Crippen molar-refractivity contribution in [2.75, 3.05) is 5.32 Å². The third kappa shape index (κ3) is 3.74. The van der Waals surface area contributed by atoms with Crippen LogP contribution < -0.4 is 11.1 Å². The molecule has 2 heterocycles. The van der Waals surface area contributed by atoms with Gasteiger partial charge in [0, 0.05) is 34.8 Å². The lowest BCUT2D eigenvalue weighted by Gasteiger charge is -2.20. The molecule has 164 valence electrons. The molecule has 1 aliphatic carbocycles. The highest BCUT2D eigenvalue weighted by atomic mass is 35.5. The zero-order valence-corrected chi connectivity index (χ0v) is 17.9. The van der Waals surface area contributed by atoms with Crippen molar-refractivity contribution in [3.05, 3.63) is 94.1 Å². The van der Waals surface area contributed by atoms with Gasteiger partial charge >= 0.3 is 0 Å². The van der Waals surface area contributed by atoms with Crippen LogP contribution in [0, 0.1) is 5.82 Å². The monoisotopic (exact) mass is 461 g/mol. The summed E-state index contributed by atoms with van der Waals surface area (Å²) >= 11 is 6.00. The van der Waals surface area contributed by atoms with Crippen molar-refractivity contribution < 1.29 is 14.0 Å². The Labute approximate surface area is 193 Å². The van der Waals surface area contributed by atoms with Crippen molar-refractivity contribution in [3.63, 3.8) is 0 Å². The molecule has 0 unspecified atom stereocenters. The Kier molecular flexibility index (Phi) is 5.14. The van der Waals surface area contributed by atoms with Gasteiger partial charge in [0.25, 0.3) is 11.8 Å². The number of amides is 2. The van der Waals surface area contributed by atoms with Crippen molar-refractivity contribution in [2.45, 2.75) is 12.8 Å². The highest BCUT2D eigenvalue weighted by Gasteiger charge is 2.28. The lowest BCUT2D eigenvalue weighted by molar-refractivity contribution is 0.0992. The molecule has 0 saturated carbocycles. The molecule has 2 aromatic carbocycles. The number of nitrogens with one attached hydrogen (secondary N) is 1. The first-order valence-electron chi connectivity index (χ1n) is 10.1. The highest BCUT2D eigenvalue weighted by Crippen LogP contribution is 2.38. The van der Waals surface area contributed by atoms with Gasteiger partial charge in [0.1, 0.15) is 5.82 Å². The van der Waals surface area contributed by atoms with Crippen LogP contribution in [0.3, 0.4) is 0 Å². The maximum absolute atomic E-state index is 13.8. The van der Waals surface area contributed by atoms with Gasteiger partial charge < -0.3 is 11.1 Å². The number of halogens is 2. The first-order chi connectivity index (χ1) is 15.9. The van der Waals surface area contributed by atoms with E-state index in [0.29, 0.717) is 41.0 Å². The number of hydrogen-bond acceptors (Lipinski definition) is 4. The summed E-state index contributed by atoms with van der Waals surface area (Å²) in [5.41, 5.74) is 10.5. The van der Waals surface area contributed by atoms with Gasteiger partial charge in [-0.05, 0) is 60.9 Å². The Morgan fingerprint density at radius 2 is 1.85 bits per heavy atom. The number of anilines is 1. The van der Waals surface area contributed by atoms with E-state index in [9.17, 15) is 14.0 Å². The SMILES string of the molecule is NC(=O)c1nn(-c2ccc(F)c(Cl)c2)c2c1CCc1ccc(NC(=O)c3ccncc3)cc1-2.